The molecule has 0 aliphatic carbocycles. The highest BCUT2D eigenvalue weighted by Gasteiger charge is 2.47. The number of benzene rings is 3. The number of nitrogens with zero attached hydrogens (tertiary/aromatic N) is 3. The number of likely N-dealkylation sites (N-methyl/N-ethyl adjacent to an activating group) is 1. The second-order valence-corrected chi connectivity index (χ2v) is 10.1. The van der Waals surface area contributed by atoms with Gasteiger partial charge in [0, 0.05) is 20.1 Å². The van der Waals surface area contributed by atoms with E-state index in [-0.39, 0.29) is 24.4 Å². The van der Waals surface area contributed by atoms with E-state index in [0.717, 1.165) is 24.0 Å². The number of urea groups is 1. The topological polar surface area (TPSA) is 82.2 Å². The Bertz CT molecular complexity index is 1430. The van der Waals surface area contributed by atoms with Crippen molar-refractivity contribution in [1.29, 1.82) is 0 Å². The smallest absolute Gasteiger partial charge is 0.322 e. The van der Waals surface area contributed by atoms with Crippen LogP contribution in [0.5, 0.6) is 11.5 Å². The number of hydrogen-bond acceptors (Lipinski definition) is 4. The van der Waals surface area contributed by atoms with Crippen molar-refractivity contribution in [1.82, 2.24) is 20.0 Å². The maximum atomic E-state index is 14.2. The number of likely N-dealkylation sites (tertiary alicyclic amines) is 1. The fourth-order valence-electron chi connectivity index (χ4n) is 5.63. The first-order chi connectivity index (χ1) is 19.0. The summed E-state index contributed by atoms with van der Waals surface area (Å²) < 4.78 is 6.02. The first-order valence-electron chi connectivity index (χ1n) is 13.3. The molecule has 0 aromatic heterocycles. The molecule has 3 aliphatic rings. The number of hydrogen-bond donors (Lipinski definition) is 1. The van der Waals surface area contributed by atoms with Crippen LogP contribution in [-0.2, 0) is 9.59 Å². The Hall–Kier alpha value is -4.59. The number of rotatable bonds is 6. The van der Waals surface area contributed by atoms with Crippen molar-refractivity contribution in [3.05, 3.63) is 107 Å². The molecule has 198 valence electrons. The molecule has 3 aromatic rings. The van der Waals surface area contributed by atoms with E-state index in [4.69, 9.17) is 4.74 Å². The van der Waals surface area contributed by atoms with Gasteiger partial charge in [-0.05, 0) is 48.2 Å². The highest BCUT2D eigenvalue weighted by Crippen LogP contribution is 2.40. The highest BCUT2D eigenvalue weighted by atomic mass is 16.5. The van der Waals surface area contributed by atoms with Crippen LogP contribution in [-0.4, -0.2) is 59.2 Å². The van der Waals surface area contributed by atoms with E-state index in [2.05, 4.69) is 5.32 Å². The molecule has 3 aliphatic heterocycles. The molecule has 4 amide bonds. The predicted molar refractivity (Wildman–Crippen MR) is 146 cm³/mol. The zero-order valence-corrected chi connectivity index (χ0v) is 21.7. The molecule has 0 spiro atoms. The molecule has 6 rings (SSSR count). The number of para-hydroxylation sites is 1. The summed E-state index contributed by atoms with van der Waals surface area (Å²) in [5.74, 6) is 0.959. The average molecular weight is 523 g/mol. The number of carbonyl (C=O) groups is 3. The standard InChI is InChI=1S/C31H30N4O4/c1-33-25-20-35(28(21-11-4-2-5-12-21)30(37)34-17-8-9-18-34)29(36)26(25)27(32-31(33)38)22-13-10-16-24(19-22)39-23-14-6-3-7-15-23/h2-7,10-16,19,27-28H,8-9,17-18,20H2,1H3,(H,32,38)/t27-,28-/m0/s1. The van der Waals surface area contributed by atoms with Gasteiger partial charge in [0.25, 0.3) is 5.91 Å². The summed E-state index contributed by atoms with van der Waals surface area (Å²) in [6.07, 6.45) is 1.92. The van der Waals surface area contributed by atoms with E-state index < -0.39 is 12.1 Å². The Morgan fingerprint density at radius 1 is 0.897 bits per heavy atom. The van der Waals surface area contributed by atoms with Crippen molar-refractivity contribution in [3.63, 3.8) is 0 Å². The maximum absolute atomic E-state index is 14.2. The van der Waals surface area contributed by atoms with E-state index in [9.17, 15) is 14.4 Å². The first-order valence-corrected chi connectivity index (χ1v) is 13.3. The highest BCUT2D eigenvalue weighted by molar-refractivity contribution is 6.03. The molecule has 1 fully saturated rings. The molecular weight excluding hydrogens is 492 g/mol. The van der Waals surface area contributed by atoms with Gasteiger partial charge in [0.2, 0.25) is 5.91 Å². The lowest BCUT2D eigenvalue weighted by Gasteiger charge is -2.31. The number of ether oxygens (including phenoxy) is 1. The third-order valence-electron chi connectivity index (χ3n) is 7.64. The minimum absolute atomic E-state index is 0.0800. The zero-order valence-electron chi connectivity index (χ0n) is 21.7. The van der Waals surface area contributed by atoms with Gasteiger partial charge in [0.1, 0.15) is 17.5 Å². The van der Waals surface area contributed by atoms with Crippen LogP contribution in [0.25, 0.3) is 0 Å². The van der Waals surface area contributed by atoms with Crippen LogP contribution in [0.1, 0.15) is 36.1 Å². The Morgan fingerprint density at radius 2 is 1.56 bits per heavy atom. The maximum Gasteiger partial charge on any atom is 0.322 e. The quantitative estimate of drug-likeness (QED) is 0.512. The van der Waals surface area contributed by atoms with Gasteiger partial charge in [-0.3, -0.25) is 14.5 Å². The van der Waals surface area contributed by atoms with E-state index in [1.807, 2.05) is 89.8 Å². The number of nitrogens with one attached hydrogen (secondary N) is 1. The average Bonchev–Trinajstić information content (AvgIpc) is 3.62. The molecule has 2 atom stereocenters. The summed E-state index contributed by atoms with van der Waals surface area (Å²) in [5, 5.41) is 2.99. The summed E-state index contributed by atoms with van der Waals surface area (Å²) in [7, 11) is 1.66. The minimum atomic E-state index is -0.765. The van der Waals surface area contributed by atoms with Crippen LogP contribution in [0, 0.1) is 0 Å². The van der Waals surface area contributed by atoms with E-state index in [1.165, 1.54) is 4.90 Å². The first kappa shape index (κ1) is 24.7. The Balaban J connectivity index is 1.35. The molecule has 1 saturated heterocycles. The lowest BCUT2D eigenvalue weighted by atomic mass is 9.95. The van der Waals surface area contributed by atoms with Gasteiger partial charge < -0.3 is 19.9 Å². The lowest BCUT2D eigenvalue weighted by Crippen LogP contribution is -2.45. The normalized spacial score (nSPS) is 19.7. The molecule has 3 aromatic carbocycles. The molecule has 39 heavy (non-hydrogen) atoms. The minimum Gasteiger partial charge on any atom is -0.457 e. The lowest BCUT2D eigenvalue weighted by molar-refractivity contribution is -0.142. The van der Waals surface area contributed by atoms with Gasteiger partial charge in [-0.25, -0.2) is 4.79 Å². The SMILES string of the molecule is CN1C(=O)N[C@@H](c2cccc(Oc3ccccc3)c2)C2=C1CN([C@H](C(=O)N1CCCC1)c1ccccc1)C2=O. The van der Waals surface area contributed by atoms with Crippen LogP contribution < -0.4 is 10.1 Å². The van der Waals surface area contributed by atoms with Gasteiger partial charge in [-0.15, -0.1) is 0 Å². The van der Waals surface area contributed by atoms with Crippen LogP contribution in [0.3, 0.4) is 0 Å². The summed E-state index contributed by atoms with van der Waals surface area (Å²) in [6.45, 7) is 1.55. The summed E-state index contributed by atoms with van der Waals surface area (Å²) >= 11 is 0. The van der Waals surface area contributed by atoms with E-state index in [0.29, 0.717) is 35.9 Å². The molecule has 8 nitrogen and oxygen atoms in total. The third kappa shape index (κ3) is 4.63. The fraction of sp³-hybridized carbons (Fsp3) is 0.258. The van der Waals surface area contributed by atoms with Crippen molar-refractivity contribution < 1.29 is 19.1 Å². The monoisotopic (exact) mass is 522 g/mol. The van der Waals surface area contributed by atoms with Gasteiger partial charge in [0.15, 0.2) is 0 Å². The van der Waals surface area contributed by atoms with Crippen LogP contribution >= 0.6 is 0 Å². The fourth-order valence-corrected chi connectivity index (χ4v) is 5.63. The predicted octanol–water partition coefficient (Wildman–Crippen LogP) is 4.64. The molecule has 0 radical (unpaired) electrons. The van der Waals surface area contributed by atoms with Crippen LogP contribution in [0.2, 0.25) is 0 Å². The van der Waals surface area contributed by atoms with Crippen molar-refractivity contribution in [2.45, 2.75) is 24.9 Å². The van der Waals surface area contributed by atoms with E-state index >= 15 is 0 Å². The van der Waals surface area contributed by atoms with Gasteiger partial charge >= 0.3 is 6.03 Å². The van der Waals surface area contributed by atoms with E-state index in [1.54, 1.807) is 11.9 Å². The molecule has 0 bridgehead atoms. The summed E-state index contributed by atoms with van der Waals surface area (Å²) in [4.78, 5) is 46.0. The molecule has 3 heterocycles. The van der Waals surface area contributed by atoms with Crippen molar-refractivity contribution in [2.75, 3.05) is 26.7 Å². The molecule has 8 heteroatoms. The van der Waals surface area contributed by atoms with Crippen molar-refractivity contribution in [2.24, 2.45) is 0 Å². The van der Waals surface area contributed by atoms with Gasteiger partial charge in [0.05, 0.1) is 23.9 Å². The Labute approximate surface area is 227 Å². The number of carbonyl (C=O) groups excluding carboxylic acids is 3. The second kappa shape index (κ2) is 10.3. The summed E-state index contributed by atoms with van der Waals surface area (Å²) in [6, 6.07) is 24.5. The third-order valence-corrected chi connectivity index (χ3v) is 7.64. The largest absolute Gasteiger partial charge is 0.457 e. The van der Waals surface area contributed by atoms with Gasteiger partial charge in [-0.2, -0.15) is 0 Å². The Kier molecular flexibility index (Phi) is 6.52. The molecular formula is C31H30N4O4. The molecule has 0 saturated carbocycles. The Morgan fingerprint density at radius 3 is 2.28 bits per heavy atom. The summed E-state index contributed by atoms with van der Waals surface area (Å²) in [5.41, 5.74) is 2.58. The van der Waals surface area contributed by atoms with Crippen LogP contribution in [0.15, 0.2) is 96.2 Å². The zero-order chi connectivity index (χ0) is 26.9. The van der Waals surface area contributed by atoms with Crippen LogP contribution in [0.4, 0.5) is 4.79 Å². The second-order valence-electron chi connectivity index (χ2n) is 10.1. The molecule has 0 unspecified atom stereocenters. The van der Waals surface area contributed by atoms with Gasteiger partial charge in [-0.1, -0.05) is 60.7 Å². The number of amides is 4. The van der Waals surface area contributed by atoms with Crippen molar-refractivity contribution in [3.8, 4) is 11.5 Å². The van der Waals surface area contributed by atoms with Crippen molar-refractivity contribution >= 4 is 17.8 Å². The molecule has 1 N–H and O–H groups in total.